The van der Waals surface area contributed by atoms with E-state index in [2.05, 4.69) is 4.90 Å². The van der Waals surface area contributed by atoms with Crippen LogP contribution in [0.3, 0.4) is 0 Å². The normalized spacial score (nSPS) is 22.9. The van der Waals surface area contributed by atoms with Crippen molar-refractivity contribution in [3.05, 3.63) is 29.8 Å². The second-order valence-corrected chi connectivity index (χ2v) is 9.09. The van der Waals surface area contributed by atoms with E-state index in [9.17, 15) is 13.2 Å². The van der Waals surface area contributed by atoms with Gasteiger partial charge in [0.25, 0.3) is 0 Å². The maximum atomic E-state index is 12.4. The SMILES string of the molecule is COc1ccc(/C=C/C(=O)N2CCN([C@H]3CCS(=O)(=O)C3)CC2)cc1OC. The minimum atomic E-state index is -2.88. The summed E-state index contributed by atoms with van der Waals surface area (Å²) >= 11 is 0. The molecule has 148 valence electrons. The molecule has 0 spiro atoms. The maximum Gasteiger partial charge on any atom is 0.246 e. The minimum absolute atomic E-state index is 0.0384. The Balaban J connectivity index is 1.54. The van der Waals surface area contributed by atoms with E-state index in [1.165, 1.54) is 0 Å². The largest absolute Gasteiger partial charge is 0.493 e. The molecule has 3 rings (SSSR count). The third kappa shape index (κ3) is 4.81. The Bertz CT molecular complexity index is 813. The van der Waals surface area contributed by atoms with Crippen molar-refractivity contribution in [3.63, 3.8) is 0 Å². The summed E-state index contributed by atoms with van der Waals surface area (Å²) in [4.78, 5) is 16.5. The van der Waals surface area contributed by atoms with Gasteiger partial charge < -0.3 is 14.4 Å². The smallest absolute Gasteiger partial charge is 0.246 e. The molecule has 1 aromatic carbocycles. The van der Waals surface area contributed by atoms with Gasteiger partial charge in [0.15, 0.2) is 21.3 Å². The average molecular weight is 394 g/mol. The van der Waals surface area contributed by atoms with Crippen molar-refractivity contribution in [2.24, 2.45) is 0 Å². The highest BCUT2D eigenvalue weighted by atomic mass is 32.2. The number of piperazine rings is 1. The molecular formula is C19H26N2O5S. The lowest BCUT2D eigenvalue weighted by Gasteiger charge is -2.37. The maximum absolute atomic E-state index is 12.4. The fraction of sp³-hybridized carbons (Fsp3) is 0.526. The van der Waals surface area contributed by atoms with Crippen LogP contribution in [0.25, 0.3) is 6.08 Å². The number of benzene rings is 1. The number of amides is 1. The summed E-state index contributed by atoms with van der Waals surface area (Å²) in [6.45, 7) is 2.67. The van der Waals surface area contributed by atoms with Crippen molar-refractivity contribution in [2.75, 3.05) is 51.9 Å². The molecule has 1 atom stereocenters. The highest BCUT2D eigenvalue weighted by Gasteiger charge is 2.34. The molecule has 0 radical (unpaired) electrons. The number of hydrogen-bond donors (Lipinski definition) is 0. The van der Waals surface area contributed by atoms with Crippen molar-refractivity contribution in [1.82, 2.24) is 9.80 Å². The van der Waals surface area contributed by atoms with Crippen LogP contribution in [0.4, 0.5) is 0 Å². The van der Waals surface area contributed by atoms with Crippen LogP contribution >= 0.6 is 0 Å². The summed E-state index contributed by atoms with van der Waals surface area (Å²) in [6.07, 6.45) is 4.03. The molecule has 2 aliphatic rings. The van der Waals surface area contributed by atoms with E-state index >= 15 is 0 Å². The number of hydrogen-bond acceptors (Lipinski definition) is 6. The van der Waals surface area contributed by atoms with E-state index in [0.29, 0.717) is 31.0 Å². The molecular weight excluding hydrogens is 368 g/mol. The Morgan fingerprint density at radius 1 is 1.11 bits per heavy atom. The van der Waals surface area contributed by atoms with Gasteiger partial charge in [0, 0.05) is 38.3 Å². The van der Waals surface area contributed by atoms with Gasteiger partial charge in [-0.3, -0.25) is 9.69 Å². The van der Waals surface area contributed by atoms with E-state index in [0.717, 1.165) is 18.7 Å². The molecule has 2 aliphatic heterocycles. The van der Waals surface area contributed by atoms with Crippen molar-refractivity contribution in [3.8, 4) is 11.5 Å². The predicted octanol–water partition coefficient (Wildman–Crippen LogP) is 1.05. The Labute approximate surface area is 160 Å². The van der Waals surface area contributed by atoms with Crippen LogP contribution in [0.15, 0.2) is 24.3 Å². The molecule has 2 heterocycles. The first-order valence-electron chi connectivity index (χ1n) is 9.05. The van der Waals surface area contributed by atoms with Crippen molar-refractivity contribution >= 4 is 21.8 Å². The number of carbonyl (C=O) groups excluding carboxylic acids is 1. The summed E-state index contributed by atoms with van der Waals surface area (Å²) in [5, 5.41) is 0. The molecule has 0 unspecified atom stereocenters. The van der Waals surface area contributed by atoms with E-state index in [-0.39, 0.29) is 23.5 Å². The van der Waals surface area contributed by atoms with Gasteiger partial charge in [0.05, 0.1) is 25.7 Å². The summed E-state index contributed by atoms with van der Waals surface area (Å²) in [5.41, 5.74) is 0.857. The summed E-state index contributed by atoms with van der Waals surface area (Å²) in [6, 6.07) is 5.59. The van der Waals surface area contributed by atoms with Crippen molar-refractivity contribution < 1.29 is 22.7 Å². The zero-order valence-electron chi connectivity index (χ0n) is 15.8. The molecule has 1 aromatic rings. The van der Waals surface area contributed by atoms with Crippen LogP contribution in [-0.4, -0.2) is 82.1 Å². The number of rotatable bonds is 5. The van der Waals surface area contributed by atoms with Crippen LogP contribution in [0, 0.1) is 0 Å². The van der Waals surface area contributed by atoms with E-state index in [1.807, 2.05) is 12.1 Å². The average Bonchev–Trinajstić information content (AvgIpc) is 3.05. The standard InChI is InChI=1S/C19H26N2O5S/c1-25-17-5-3-15(13-18(17)26-2)4-6-19(22)21-10-8-20(9-11-21)16-7-12-27(23,24)14-16/h3-6,13,16H,7-12,14H2,1-2H3/b6-4+/t16-/m0/s1. The van der Waals surface area contributed by atoms with Gasteiger partial charge in [-0.05, 0) is 30.2 Å². The minimum Gasteiger partial charge on any atom is -0.493 e. The van der Waals surface area contributed by atoms with Crippen LogP contribution in [0.5, 0.6) is 11.5 Å². The molecule has 0 saturated carbocycles. The van der Waals surface area contributed by atoms with Crippen LogP contribution < -0.4 is 9.47 Å². The monoisotopic (exact) mass is 394 g/mol. The van der Waals surface area contributed by atoms with Crippen LogP contribution in [0.2, 0.25) is 0 Å². The molecule has 0 bridgehead atoms. The second kappa shape index (κ2) is 8.31. The fourth-order valence-corrected chi connectivity index (χ4v) is 5.36. The quantitative estimate of drug-likeness (QED) is 0.695. The molecule has 0 aromatic heterocycles. The number of nitrogens with zero attached hydrogens (tertiary/aromatic N) is 2. The predicted molar refractivity (Wildman–Crippen MR) is 104 cm³/mol. The highest BCUT2D eigenvalue weighted by Crippen LogP contribution is 2.28. The van der Waals surface area contributed by atoms with E-state index < -0.39 is 9.84 Å². The van der Waals surface area contributed by atoms with Gasteiger partial charge in [-0.1, -0.05) is 6.07 Å². The van der Waals surface area contributed by atoms with Gasteiger partial charge in [-0.15, -0.1) is 0 Å². The van der Waals surface area contributed by atoms with Gasteiger partial charge in [-0.2, -0.15) is 0 Å². The molecule has 27 heavy (non-hydrogen) atoms. The Morgan fingerprint density at radius 2 is 1.81 bits per heavy atom. The first-order chi connectivity index (χ1) is 12.9. The topological polar surface area (TPSA) is 76.2 Å². The van der Waals surface area contributed by atoms with Gasteiger partial charge >= 0.3 is 0 Å². The zero-order valence-corrected chi connectivity index (χ0v) is 16.6. The summed E-state index contributed by atoms with van der Waals surface area (Å²) in [7, 11) is 0.279. The second-order valence-electron chi connectivity index (χ2n) is 6.87. The van der Waals surface area contributed by atoms with Gasteiger partial charge in [-0.25, -0.2) is 8.42 Å². The van der Waals surface area contributed by atoms with E-state index in [4.69, 9.17) is 9.47 Å². The summed E-state index contributed by atoms with van der Waals surface area (Å²) < 4.78 is 33.8. The van der Waals surface area contributed by atoms with Crippen LogP contribution in [-0.2, 0) is 14.6 Å². The number of sulfone groups is 1. The molecule has 1 amide bonds. The van der Waals surface area contributed by atoms with Gasteiger partial charge in [0.1, 0.15) is 0 Å². The van der Waals surface area contributed by atoms with Gasteiger partial charge in [0.2, 0.25) is 5.91 Å². The lowest BCUT2D eigenvalue weighted by molar-refractivity contribution is -0.127. The highest BCUT2D eigenvalue weighted by molar-refractivity contribution is 7.91. The third-order valence-corrected chi connectivity index (χ3v) is 6.93. The number of carbonyl (C=O) groups is 1. The Hall–Kier alpha value is -2.06. The van der Waals surface area contributed by atoms with E-state index in [1.54, 1.807) is 37.3 Å². The Kier molecular flexibility index (Phi) is 6.06. The fourth-order valence-electron chi connectivity index (χ4n) is 3.60. The molecule has 2 saturated heterocycles. The third-order valence-electron chi connectivity index (χ3n) is 5.18. The molecule has 7 nitrogen and oxygen atoms in total. The molecule has 8 heteroatoms. The lowest BCUT2D eigenvalue weighted by atomic mass is 10.1. The molecule has 0 aliphatic carbocycles. The number of ether oxygens (including phenoxy) is 2. The zero-order chi connectivity index (χ0) is 19.4. The molecule has 2 fully saturated rings. The van der Waals surface area contributed by atoms with Crippen LogP contribution in [0.1, 0.15) is 12.0 Å². The lowest BCUT2D eigenvalue weighted by Crippen LogP contribution is -2.52. The molecule has 0 N–H and O–H groups in total. The first-order valence-corrected chi connectivity index (χ1v) is 10.9. The Morgan fingerprint density at radius 3 is 2.41 bits per heavy atom. The number of methoxy groups -OCH3 is 2. The summed E-state index contributed by atoms with van der Waals surface area (Å²) in [5.74, 6) is 1.76. The van der Waals surface area contributed by atoms with Crippen molar-refractivity contribution in [1.29, 1.82) is 0 Å². The first kappa shape index (κ1) is 19.7. The van der Waals surface area contributed by atoms with Crippen molar-refractivity contribution in [2.45, 2.75) is 12.5 Å².